The zero-order valence-electron chi connectivity index (χ0n) is 12.7. The van der Waals surface area contributed by atoms with Crippen molar-refractivity contribution in [2.75, 3.05) is 38.7 Å². The molecule has 0 aromatic heterocycles. The molecule has 1 fully saturated rings. The van der Waals surface area contributed by atoms with E-state index >= 15 is 0 Å². The summed E-state index contributed by atoms with van der Waals surface area (Å²) in [7, 11) is 1.73. The predicted octanol–water partition coefficient (Wildman–Crippen LogP) is 2.54. The van der Waals surface area contributed by atoms with Gasteiger partial charge in [0.25, 0.3) is 5.91 Å². The molecule has 1 aromatic rings. The molecule has 0 bridgehead atoms. The van der Waals surface area contributed by atoms with Crippen molar-refractivity contribution in [3.05, 3.63) is 29.3 Å². The summed E-state index contributed by atoms with van der Waals surface area (Å²) in [6.07, 6.45) is 4.44. The number of nitrogens with one attached hydrogen (secondary N) is 1. The van der Waals surface area contributed by atoms with Crippen LogP contribution in [-0.4, -0.2) is 44.2 Å². The van der Waals surface area contributed by atoms with Gasteiger partial charge >= 0.3 is 0 Å². The van der Waals surface area contributed by atoms with Gasteiger partial charge in [-0.05, 0) is 55.4 Å². The topological polar surface area (TPSA) is 41.6 Å². The molecule has 2 heterocycles. The van der Waals surface area contributed by atoms with Gasteiger partial charge in [-0.25, -0.2) is 0 Å². The maximum absolute atomic E-state index is 12.7. The van der Waals surface area contributed by atoms with E-state index in [-0.39, 0.29) is 5.91 Å². The lowest BCUT2D eigenvalue weighted by molar-refractivity contribution is 0.0571. The first-order valence-corrected chi connectivity index (χ1v) is 7.93. The Labute approximate surface area is 126 Å². The number of aryl methyl sites for hydroxylation is 1. The van der Waals surface area contributed by atoms with E-state index in [4.69, 9.17) is 4.74 Å². The number of carbonyl (C=O) groups excluding carboxylic acids is 1. The summed E-state index contributed by atoms with van der Waals surface area (Å²) in [6.45, 7) is 3.47. The van der Waals surface area contributed by atoms with Crippen LogP contribution in [0, 0.1) is 5.92 Å². The normalized spacial score (nSPS) is 21.6. The quantitative estimate of drug-likeness (QED) is 0.929. The van der Waals surface area contributed by atoms with E-state index in [1.165, 1.54) is 11.3 Å². The van der Waals surface area contributed by atoms with E-state index in [0.29, 0.717) is 5.92 Å². The molecule has 4 heteroatoms. The molecular weight excluding hydrogens is 264 g/mol. The number of amides is 1. The lowest BCUT2D eigenvalue weighted by Crippen LogP contribution is -2.41. The molecule has 1 unspecified atom stereocenters. The van der Waals surface area contributed by atoms with Crippen molar-refractivity contribution >= 4 is 11.6 Å². The van der Waals surface area contributed by atoms with Gasteiger partial charge in [0.15, 0.2) is 0 Å². The summed E-state index contributed by atoms with van der Waals surface area (Å²) in [5.74, 6) is 0.649. The first-order chi connectivity index (χ1) is 10.3. The summed E-state index contributed by atoms with van der Waals surface area (Å²) >= 11 is 0. The van der Waals surface area contributed by atoms with Crippen LogP contribution in [0.1, 0.15) is 35.2 Å². The molecule has 0 saturated carbocycles. The molecule has 0 radical (unpaired) electrons. The maximum Gasteiger partial charge on any atom is 0.253 e. The molecular formula is C17H24N2O2. The van der Waals surface area contributed by atoms with E-state index in [1.807, 2.05) is 11.0 Å². The van der Waals surface area contributed by atoms with Gasteiger partial charge < -0.3 is 15.0 Å². The Morgan fingerprint density at radius 2 is 2.33 bits per heavy atom. The minimum Gasteiger partial charge on any atom is -0.385 e. The molecule has 4 nitrogen and oxygen atoms in total. The molecule has 21 heavy (non-hydrogen) atoms. The second-order valence-corrected chi connectivity index (χ2v) is 6.12. The van der Waals surface area contributed by atoms with Gasteiger partial charge in [0.05, 0.1) is 6.61 Å². The van der Waals surface area contributed by atoms with Gasteiger partial charge in [-0.2, -0.15) is 0 Å². The zero-order chi connectivity index (χ0) is 14.7. The van der Waals surface area contributed by atoms with Gasteiger partial charge in [-0.15, -0.1) is 0 Å². The van der Waals surface area contributed by atoms with Crippen LogP contribution < -0.4 is 5.32 Å². The van der Waals surface area contributed by atoms with Gasteiger partial charge in [-0.1, -0.05) is 0 Å². The Morgan fingerprint density at radius 3 is 3.19 bits per heavy atom. The Kier molecular flexibility index (Phi) is 4.44. The monoisotopic (exact) mass is 288 g/mol. The highest BCUT2D eigenvalue weighted by Gasteiger charge is 2.25. The molecule has 2 aliphatic rings. The molecule has 3 rings (SSSR count). The van der Waals surface area contributed by atoms with Crippen LogP contribution in [0.4, 0.5) is 5.69 Å². The van der Waals surface area contributed by atoms with Crippen LogP contribution in [0.25, 0.3) is 0 Å². The summed E-state index contributed by atoms with van der Waals surface area (Å²) < 4.78 is 5.24. The van der Waals surface area contributed by atoms with Crippen molar-refractivity contribution in [2.24, 2.45) is 5.92 Å². The number of fused-ring (bicyclic) bond motifs is 1. The fraction of sp³-hybridized carbons (Fsp3) is 0.588. The number of benzene rings is 1. The Balaban J connectivity index is 1.72. The molecule has 0 aliphatic carbocycles. The van der Waals surface area contributed by atoms with E-state index in [0.717, 1.165) is 57.5 Å². The summed E-state index contributed by atoms with van der Waals surface area (Å²) in [6, 6.07) is 6.08. The third kappa shape index (κ3) is 3.21. The molecule has 1 aromatic carbocycles. The average molecular weight is 288 g/mol. The van der Waals surface area contributed by atoms with Gasteiger partial charge in [0, 0.05) is 38.0 Å². The van der Waals surface area contributed by atoms with Crippen LogP contribution in [0.5, 0.6) is 0 Å². The van der Waals surface area contributed by atoms with E-state index < -0.39 is 0 Å². The molecule has 1 N–H and O–H groups in total. The van der Waals surface area contributed by atoms with Crippen LogP contribution in [0.3, 0.4) is 0 Å². The minimum absolute atomic E-state index is 0.171. The van der Waals surface area contributed by atoms with Crippen LogP contribution in [-0.2, 0) is 11.2 Å². The van der Waals surface area contributed by atoms with Crippen molar-refractivity contribution < 1.29 is 9.53 Å². The molecule has 0 spiro atoms. The fourth-order valence-electron chi connectivity index (χ4n) is 3.41. The lowest BCUT2D eigenvalue weighted by atomic mass is 9.97. The number of likely N-dealkylation sites (tertiary alicyclic amines) is 1. The lowest BCUT2D eigenvalue weighted by Gasteiger charge is -2.32. The van der Waals surface area contributed by atoms with Gasteiger partial charge in [0.2, 0.25) is 0 Å². The highest BCUT2D eigenvalue weighted by atomic mass is 16.5. The smallest absolute Gasteiger partial charge is 0.253 e. The van der Waals surface area contributed by atoms with Crippen molar-refractivity contribution in [1.82, 2.24) is 4.90 Å². The molecule has 1 amide bonds. The van der Waals surface area contributed by atoms with Crippen LogP contribution in [0.15, 0.2) is 18.2 Å². The second-order valence-electron chi connectivity index (χ2n) is 6.12. The number of nitrogens with zero attached hydrogens (tertiary/aromatic N) is 1. The maximum atomic E-state index is 12.7. The van der Waals surface area contributed by atoms with Gasteiger partial charge in [-0.3, -0.25) is 4.79 Å². The van der Waals surface area contributed by atoms with Crippen molar-refractivity contribution in [3.8, 4) is 0 Å². The largest absolute Gasteiger partial charge is 0.385 e. The first-order valence-electron chi connectivity index (χ1n) is 7.93. The predicted molar refractivity (Wildman–Crippen MR) is 83.8 cm³/mol. The van der Waals surface area contributed by atoms with Crippen molar-refractivity contribution in [3.63, 3.8) is 0 Å². The first kappa shape index (κ1) is 14.4. The summed E-state index contributed by atoms with van der Waals surface area (Å²) in [5, 5.41) is 3.39. The van der Waals surface area contributed by atoms with Crippen molar-refractivity contribution in [2.45, 2.75) is 25.7 Å². The number of anilines is 1. The Hall–Kier alpha value is -1.55. The third-order valence-corrected chi connectivity index (χ3v) is 4.50. The SMILES string of the molecule is COCC1CCCN(C(=O)c2ccc3c(c2)CCCN3)C1. The van der Waals surface area contributed by atoms with Crippen LogP contribution >= 0.6 is 0 Å². The zero-order valence-corrected chi connectivity index (χ0v) is 12.7. The number of piperidine rings is 1. The molecule has 1 atom stereocenters. The second kappa shape index (κ2) is 6.48. The van der Waals surface area contributed by atoms with Gasteiger partial charge in [0.1, 0.15) is 0 Å². The standard InChI is InChI=1S/C17H24N2O2/c1-21-12-13-4-3-9-19(11-13)17(20)15-6-7-16-14(10-15)5-2-8-18-16/h6-7,10,13,18H,2-5,8-9,11-12H2,1H3. The highest BCUT2D eigenvalue weighted by molar-refractivity contribution is 5.95. The molecule has 2 aliphatic heterocycles. The minimum atomic E-state index is 0.171. The number of rotatable bonds is 3. The summed E-state index contributed by atoms with van der Waals surface area (Å²) in [4.78, 5) is 14.7. The third-order valence-electron chi connectivity index (χ3n) is 4.50. The Bertz CT molecular complexity index is 514. The number of methoxy groups -OCH3 is 1. The van der Waals surface area contributed by atoms with E-state index in [1.54, 1.807) is 7.11 Å². The van der Waals surface area contributed by atoms with E-state index in [2.05, 4.69) is 17.4 Å². The highest BCUT2D eigenvalue weighted by Crippen LogP contribution is 2.25. The van der Waals surface area contributed by atoms with Crippen LogP contribution in [0.2, 0.25) is 0 Å². The summed E-state index contributed by atoms with van der Waals surface area (Å²) in [5.41, 5.74) is 3.29. The average Bonchev–Trinajstić information content (AvgIpc) is 2.54. The van der Waals surface area contributed by atoms with E-state index in [9.17, 15) is 4.79 Å². The molecule has 1 saturated heterocycles. The van der Waals surface area contributed by atoms with Crippen molar-refractivity contribution in [1.29, 1.82) is 0 Å². The number of hydrogen-bond donors (Lipinski definition) is 1. The Morgan fingerprint density at radius 1 is 1.43 bits per heavy atom. The number of carbonyl (C=O) groups is 1. The molecule has 114 valence electrons. The number of ether oxygens (including phenoxy) is 1. The fourth-order valence-corrected chi connectivity index (χ4v) is 3.41. The number of hydrogen-bond acceptors (Lipinski definition) is 3.